The van der Waals surface area contributed by atoms with E-state index in [0.29, 0.717) is 16.3 Å². The molecule has 0 fully saturated rings. The molecule has 3 aromatic rings. The van der Waals surface area contributed by atoms with Crippen LogP contribution in [0.2, 0.25) is 5.02 Å². The fourth-order valence-corrected chi connectivity index (χ4v) is 3.95. The summed E-state index contributed by atoms with van der Waals surface area (Å²) in [6.45, 7) is 1.61. The molecule has 128 valence electrons. The summed E-state index contributed by atoms with van der Waals surface area (Å²) in [5.41, 5.74) is -0.540. The summed E-state index contributed by atoms with van der Waals surface area (Å²) in [5, 5.41) is 4.18. The van der Waals surface area contributed by atoms with Gasteiger partial charge in [0.05, 0.1) is 15.5 Å². The van der Waals surface area contributed by atoms with Crippen LogP contribution in [0.4, 0.5) is 0 Å². The Bertz CT molecular complexity index is 1160. The first kappa shape index (κ1) is 17.1. The van der Waals surface area contributed by atoms with Gasteiger partial charge in [-0.05, 0) is 55.0 Å². The number of aryl methyl sites for hydroxylation is 1. The molecule has 0 amide bonds. The zero-order valence-corrected chi connectivity index (χ0v) is 14.5. The van der Waals surface area contributed by atoms with Gasteiger partial charge >= 0.3 is 5.69 Å². The summed E-state index contributed by atoms with van der Waals surface area (Å²) in [4.78, 5) is 25.2. The quantitative estimate of drug-likeness (QED) is 0.748. The molecule has 0 radical (unpaired) electrons. The van der Waals surface area contributed by atoms with Crippen LogP contribution < -0.4 is 11.2 Å². The molecular formula is C16H12ClN3O4S. The van der Waals surface area contributed by atoms with Crippen molar-refractivity contribution in [2.45, 2.75) is 16.7 Å². The van der Waals surface area contributed by atoms with Crippen LogP contribution in [0.3, 0.4) is 0 Å². The summed E-state index contributed by atoms with van der Waals surface area (Å²) in [6, 6.07) is 10.2. The minimum atomic E-state index is -3.73. The summed E-state index contributed by atoms with van der Waals surface area (Å²) in [6.07, 6.45) is 0.967. The molecule has 0 saturated carbocycles. The van der Waals surface area contributed by atoms with E-state index in [9.17, 15) is 18.0 Å². The molecule has 9 heteroatoms. The first-order chi connectivity index (χ1) is 11.8. The second-order valence-corrected chi connectivity index (χ2v) is 7.61. The number of rotatable bonds is 3. The number of hydrogen-bond donors (Lipinski definition) is 1. The third kappa shape index (κ3) is 3.26. The monoisotopic (exact) mass is 377 g/mol. The fourth-order valence-electron chi connectivity index (χ4n) is 2.34. The molecule has 0 aliphatic rings. The van der Waals surface area contributed by atoms with Crippen molar-refractivity contribution in [1.29, 1.82) is 0 Å². The van der Waals surface area contributed by atoms with Gasteiger partial charge < -0.3 is 0 Å². The Labute approximate surface area is 147 Å². The van der Waals surface area contributed by atoms with Crippen molar-refractivity contribution in [3.8, 4) is 5.69 Å². The number of nitrogens with zero attached hydrogens (tertiary/aromatic N) is 2. The Morgan fingerprint density at radius 2 is 1.76 bits per heavy atom. The highest BCUT2D eigenvalue weighted by Gasteiger charge is 2.20. The smallest absolute Gasteiger partial charge is 0.271 e. The Morgan fingerprint density at radius 1 is 1.08 bits per heavy atom. The van der Waals surface area contributed by atoms with Crippen molar-refractivity contribution in [3.05, 3.63) is 80.1 Å². The van der Waals surface area contributed by atoms with Crippen molar-refractivity contribution in [2.75, 3.05) is 0 Å². The Morgan fingerprint density at radius 3 is 2.36 bits per heavy atom. The highest BCUT2D eigenvalue weighted by atomic mass is 35.5. The molecule has 2 aromatic carbocycles. The van der Waals surface area contributed by atoms with Crippen LogP contribution in [0.25, 0.3) is 5.69 Å². The summed E-state index contributed by atoms with van der Waals surface area (Å²) in [5.74, 6) is 0. The van der Waals surface area contributed by atoms with Gasteiger partial charge in [-0.1, -0.05) is 11.6 Å². The first-order valence-electron chi connectivity index (χ1n) is 7.09. The van der Waals surface area contributed by atoms with Crippen molar-refractivity contribution in [1.82, 2.24) is 14.8 Å². The second kappa shape index (κ2) is 6.30. The molecule has 0 aliphatic heterocycles. The normalized spacial score (nSPS) is 11.4. The predicted octanol–water partition coefficient (Wildman–Crippen LogP) is 1.72. The minimum Gasteiger partial charge on any atom is -0.271 e. The number of sulfone groups is 1. The van der Waals surface area contributed by atoms with Crippen LogP contribution in [0.15, 0.2) is 68.0 Å². The highest BCUT2D eigenvalue weighted by molar-refractivity contribution is 7.91. The Balaban J connectivity index is 2.09. The van der Waals surface area contributed by atoms with Crippen molar-refractivity contribution in [3.63, 3.8) is 0 Å². The van der Waals surface area contributed by atoms with Crippen molar-refractivity contribution in [2.24, 2.45) is 0 Å². The lowest BCUT2D eigenvalue weighted by Crippen LogP contribution is -2.30. The van der Waals surface area contributed by atoms with Gasteiger partial charge in [0.2, 0.25) is 9.84 Å². The summed E-state index contributed by atoms with van der Waals surface area (Å²) in [7, 11) is -3.73. The van der Waals surface area contributed by atoms with E-state index in [-0.39, 0.29) is 9.79 Å². The van der Waals surface area contributed by atoms with Gasteiger partial charge in [0.1, 0.15) is 6.20 Å². The molecule has 0 saturated heterocycles. The van der Waals surface area contributed by atoms with Crippen LogP contribution in [-0.2, 0) is 9.84 Å². The lowest BCUT2D eigenvalue weighted by Gasteiger charge is -2.10. The molecular weight excluding hydrogens is 366 g/mol. The molecule has 0 atom stereocenters. The number of H-pyrrole nitrogens is 1. The summed E-state index contributed by atoms with van der Waals surface area (Å²) >= 11 is 5.79. The fraction of sp³-hybridized carbons (Fsp3) is 0.0625. The molecule has 1 heterocycles. The van der Waals surface area contributed by atoms with E-state index < -0.39 is 21.1 Å². The molecule has 25 heavy (non-hydrogen) atoms. The second-order valence-electron chi connectivity index (χ2n) is 5.26. The molecule has 0 aliphatic carbocycles. The van der Waals surface area contributed by atoms with Gasteiger partial charge in [-0.15, -0.1) is 0 Å². The number of hydrogen-bond acceptors (Lipinski definition) is 5. The number of benzene rings is 2. The van der Waals surface area contributed by atoms with Crippen LogP contribution in [0.1, 0.15) is 5.56 Å². The van der Waals surface area contributed by atoms with Crippen LogP contribution in [0.5, 0.6) is 0 Å². The van der Waals surface area contributed by atoms with E-state index in [1.165, 1.54) is 42.5 Å². The zero-order valence-electron chi connectivity index (χ0n) is 12.9. The maximum absolute atomic E-state index is 12.8. The van der Waals surface area contributed by atoms with Crippen molar-refractivity contribution >= 4 is 21.4 Å². The van der Waals surface area contributed by atoms with E-state index in [1.54, 1.807) is 6.92 Å². The van der Waals surface area contributed by atoms with Crippen LogP contribution in [0, 0.1) is 6.92 Å². The van der Waals surface area contributed by atoms with Gasteiger partial charge in [-0.25, -0.2) is 13.2 Å². The third-order valence-electron chi connectivity index (χ3n) is 3.53. The average molecular weight is 378 g/mol. The van der Waals surface area contributed by atoms with E-state index in [2.05, 4.69) is 10.1 Å². The maximum Gasteiger partial charge on any atom is 0.349 e. The van der Waals surface area contributed by atoms with Crippen molar-refractivity contribution < 1.29 is 8.42 Å². The number of nitrogens with one attached hydrogen (secondary N) is 1. The van der Waals surface area contributed by atoms with E-state index in [1.807, 2.05) is 0 Å². The molecule has 0 bridgehead atoms. The zero-order chi connectivity index (χ0) is 18.2. The molecule has 1 N–H and O–H groups in total. The van der Waals surface area contributed by atoms with E-state index in [4.69, 9.17) is 11.6 Å². The van der Waals surface area contributed by atoms with Gasteiger partial charge in [-0.3, -0.25) is 9.78 Å². The molecule has 1 aromatic heterocycles. The molecule has 0 unspecified atom stereocenters. The largest absolute Gasteiger partial charge is 0.349 e. The predicted molar refractivity (Wildman–Crippen MR) is 92.1 cm³/mol. The van der Waals surface area contributed by atoms with Crippen LogP contribution >= 0.6 is 11.6 Å². The first-order valence-corrected chi connectivity index (χ1v) is 8.95. The topological polar surface area (TPSA) is 102 Å². The Kier molecular flexibility index (Phi) is 4.32. The standard InChI is InChI=1S/C16H12ClN3O4S/c1-10-8-12(20-16(22)19-15(21)9-18-20)4-7-14(10)25(23,24)13-5-2-11(17)3-6-13/h2-9H,1H3,(H,19,21,22). The lowest BCUT2D eigenvalue weighted by molar-refractivity contribution is 0.595. The minimum absolute atomic E-state index is 0.107. The summed E-state index contributed by atoms with van der Waals surface area (Å²) < 4.78 is 26.5. The third-order valence-corrected chi connectivity index (χ3v) is 5.71. The molecule has 7 nitrogen and oxygen atoms in total. The van der Waals surface area contributed by atoms with Gasteiger partial charge in [0, 0.05) is 5.02 Å². The van der Waals surface area contributed by atoms with E-state index >= 15 is 0 Å². The maximum atomic E-state index is 12.8. The van der Waals surface area contributed by atoms with Gasteiger partial charge in [0.15, 0.2) is 0 Å². The number of aromatic nitrogens is 3. The average Bonchev–Trinajstić information content (AvgIpc) is 2.55. The highest BCUT2D eigenvalue weighted by Crippen LogP contribution is 2.26. The lowest BCUT2D eigenvalue weighted by atomic mass is 10.2. The molecule has 3 rings (SSSR count). The van der Waals surface area contributed by atoms with Crippen LogP contribution in [-0.4, -0.2) is 23.2 Å². The number of halogens is 1. The van der Waals surface area contributed by atoms with Gasteiger partial charge in [-0.2, -0.15) is 9.78 Å². The van der Waals surface area contributed by atoms with E-state index in [0.717, 1.165) is 10.9 Å². The molecule has 0 spiro atoms. The van der Waals surface area contributed by atoms with Gasteiger partial charge in [0.25, 0.3) is 5.56 Å². The SMILES string of the molecule is Cc1cc(-n2ncc(=O)[nH]c2=O)ccc1S(=O)(=O)c1ccc(Cl)cc1. The number of aromatic amines is 1. The Hall–Kier alpha value is -2.71.